The molecule has 3 heteroatoms. The number of hydrogen-bond donors (Lipinski definition) is 1. The molecular formula is C15H26N2O. The van der Waals surface area contributed by atoms with Crippen LogP contribution in [0.1, 0.15) is 31.7 Å². The number of ether oxygens (including phenoxy) is 1. The van der Waals surface area contributed by atoms with E-state index >= 15 is 0 Å². The highest BCUT2D eigenvalue weighted by atomic mass is 16.5. The van der Waals surface area contributed by atoms with Crippen LogP contribution in [0.3, 0.4) is 0 Å². The monoisotopic (exact) mass is 250 g/mol. The van der Waals surface area contributed by atoms with Crippen molar-refractivity contribution in [2.24, 2.45) is 5.73 Å². The highest BCUT2D eigenvalue weighted by Crippen LogP contribution is 2.14. The van der Waals surface area contributed by atoms with E-state index in [9.17, 15) is 0 Å². The molecular weight excluding hydrogens is 224 g/mol. The van der Waals surface area contributed by atoms with Crippen LogP contribution in [0.5, 0.6) is 5.75 Å². The molecule has 0 heterocycles. The molecule has 0 aliphatic heterocycles. The summed E-state index contributed by atoms with van der Waals surface area (Å²) in [5.74, 6) is 0.905. The smallest absolute Gasteiger partial charge is 0.118 e. The third kappa shape index (κ3) is 4.67. The minimum absolute atomic E-state index is 0.479. The maximum Gasteiger partial charge on any atom is 0.118 e. The van der Waals surface area contributed by atoms with Crippen molar-refractivity contribution in [2.45, 2.75) is 38.8 Å². The molecule has 3 nitrogen and oxygen atoms in total. The molecule has 18 heavy (non-hydrogen) atoms. The Morgan fingerprint density at radius 3 is 2.44 bits per heavy atom. The molecule has 0 aliphatic carbocycles. The van der Waals surface area contributed by atoms with Crippen LogP contribution in [-0.2, 0) is 6.54 Å². The van der Waals surface area contributed by atoms with Gasteiger partial charge in [-0.25, -0.2) is 0 Å². The Morgan fingerprint density at radius 1 is 1.28 bits per heavy atom. The second kappa shape index (κ2) is 8.11. The zero-order valence-electron chi connectivity index (χ0n) is 11.9. The summed E-state index contributed by atoms with van der Waals surface area (Å²) in [6.07, 6.45) is 3.65. The zero-order valence-corrected chi connectivity index (χ0v) is 11.9. The van der Waals surface area contributed by atoms with Crippen molar-refractivity contribution >= 4 is 0 Å². The summed E-state index contributed by atoms with van der Waals surface area (Å²) >= 11 is 0. The number of hydrogen-bond acceptors (Lipinski definition) is 3. The molecule has 1 aromatic rings. The van der Waals surface area contributed by atoms with Crippen molar-refractivity contribution < 1.29 is 4.74 Å². The quantitative estimate of drug-likeness (QED) is 0.771. The predicted molar refractivity (Wildman–Crippen MR) is 76.8 cm³/mol. The summed E-state index contributed by atoms with van der Waals surface area (Å²) in [7, 11) is 3.84. The molecule has 0 bridgehead atoms. The van der Waals surface area contributed by atoms with Crippen LogP contribution < -0.4 is 10.5 Å². The van der Waals surface area contributed by atoms with Crippen LogP contribution in [-0.4, -0.2) is 31.6 Å². The molecule has 0 amide bonds. The number of nitrogens with two attached hydrogens (primary N) is 1. The van der Waals surface area contributed by atoms with Crippen molar-refractivity contribution in [3.05, 3.63) is 29.8 Å². The maximum absolute atomic E-state index is 5.85. The van der Waals surface area contributed by atoms with Gasteiger partial charge in [-0.3, -0.25) is 4.90 Å². The third-order valence-corrected chi connectivity index (χ3v) is 3.38. The van der Waals surface area contributed by atoms with Gasteiger partial charge in [-0.15, -0.1) is 0 Å². The zero-order chi connectivity index (χ0) is 13.4. The van der Waals surface area contributed by atoms with E-state index in [4.69, 9.17) is 10.5 Å². The Labute approximate surface area is 111 Å². The summed E-state index contributed by atoms with van der Waals surface area (Å²) in [5, 5.41) is 0. The van der Waals surface area contributed by atoms with E-state index in [1.807, 2.05) is 12.1 Å². The van der Waals surface area contributed by atoms with Gasteiger partial charge in [-0.2, -0.15) is 0 Å². The summed E-state index contributed by atoms with van der Waals surface area (Å²) < 4.78 is 5.16. The van der Waals surface area contributed by atoms with Crippen LogP contribution >= 0.6 is 0 Å². The molecule has 2 N–H and O–H groups in total. The molecule has 0 saturated carbocycles. The van der Waals surface area contributed by atoms with E-state index in [1.54, 1.807) is 7.11 Å². The second-order valence-electron chi connectivity index (χ2n) is 4.79. The largest absolute Gasteiger partial charge is 0.497 e. The van der Waals surface area contributed by atoms with Gasteiger partial charge in [0.15, 0.2) is 0 Å². The highest BCUT2D eigenvalue weighted by Gasteiger charge is 2.12. The van der Waals surface area contributed by atoms with Crippen LogP contribution in [0.15, 0.2) is 24.3 Å². The van der Waals surface area contributed by atoms with Crippen LogP contribution in [0.2, 0.25) is 0 Å². The molecule has 0 aliphatic rings. The Balaban J connectivity index is 2.52. The van der Waals surface area contributed by atoms with Gasteiger partial charge >= 0.3 is 0 Å². The molecule has 1 aromatic carbocycles. The van der Waals surface area contributed by atoms with Gasteiger partial charge in [0, 0.05) is 19.1 Å². The molecule has 0 radical (unpaired) electrons. The lowest BCUT2D eigenvalue weighted by atomic mass is 10.1. The average molecular weight is 250 g/mol. The average Bonchev–Trinajstić information content (AvgIpc) is 2.40. The van der Waals surface area contributed by atoms with Gasteiger partial charge in [-0.05, 0) is 31.2 Å². The fraction of sp³-hybridized carbons (Fsp3) is 0.600. The molecule has 1 unspecified atom stereocenters. The van der Waals surface area contributed by atoms with E-state index in [0.717, 1.165) is 18.8 Å². The van der Waals surface area contributed by atoms with Gasteiger partial charge in [0.25, 0.3) is 0 Å². The third-order valence-electron chi connectivity index (χ3n) is 3.38. The summed E-state index contributed by atoms with van der Waals surface area (Å²) in [6.45, 7) is 3.89. The van der Waals surface area contributed by atoms with Crippen molar-refractivity contribution in [2.75, 3.05) is 20.7 Å². The predicted octanol–water partition coefficient (Wildman–Crippen LogP) is 2.64. The molecule has 102 valence electrons. The first-order valence-corrected chi connectivity index (χ1v) is 6.74. The highest BCUT2D eigenvalue weighted by molar-refractivity contribution is 5.27. The van der Waals surface area contributed by atoms with E-state index in [-0.39, 0.29) is 0 Å². The lowest BCUT2D eigenvalue weighted by Crippen LogP contribution is -2.37. The minimum atomic E-state index is 0.479. The van der Waals surface area contributed by atoms with Gasteiger partial charge in [-0.1, -0.05) is 31.9 Å². The Hall–Kier alpha value is -1.06. The fourth-order valence-corrected chi connectivity index (χ4v) is 2.11. The number of nitrogens with zero attached hydrogens (tertiary/aromatic N) is 1. The van der Waals surface area contributed by atoms with E-state index in [1.165, 1.54) is 24.8 Å². The summed E-state index contributed by atoms with van der Waals surface area (Å²) in [5.41, 5.74) is 7.15. The van der Waals surface area contributed by atoms with Crippen molar-refractivity contribution in [3.8, 4) is 5.75 Å². The molecule has 0 aromatic heterocycles. The topological polar surface area (TPSA) is 38.5 Å². The van der Waals surface area contributed by atoms with E-state index < -0.39 is 0 Å². The van der Waals surface area contributed by atoms with Gasteiger partial charge in [0.2, 0.25) is 0 Å². The lowest BCUT2D eigenvalue weighted by Gasteiger charge is -2.27. The minimum Gasteiger partial charge on any atom is -0.497 e. The number of unbranched alkanes of at least 4 members (excludes halogenated alkanes) is 1. The first-order valence-electron chi connectivity index (χ1n) is 6.74. The molecule has 1 rings (SSSR count). The van der Waals surface area contributed by atoms with E-state index in [2.05, 4.69) is 31.0 Å². The first kappa shape index (κ1) is 15.0. The van der Waals surface area contributed by atoms with Crippen molar-refractivity contribution in [1.29, 1.82) is 0 Å². The number of likely N-dealkylation sites (N-methyl/N-ethyl adjacent to an activating group) is 1. The Morgan fingerprint density at radius 2 is 1.94 bits per heavy atom. The SMILES string of the molecule is CCCCC(CN)N(C)Cc1ccc(OC)cc1. The van der Waals surface area contributed by atoms with Gasteiger partial charge in [0.05, 0.1) is 7.11 Å². The van der Waals surface area contributed by atoms with Crippen LogP contribution in [0, 0.1) is 0 Å². The normalized spacial score (nSPS) is 12.7. The van der Waals surface area contributed by atoms with Crippen LogP contribution in [0.25, 0.3) is 0 Å². The molecule has 0 spiro atoms. The maximum atomic E-state index is 5.85. The van der Waals surface area contributed by atoms with Crippen LogP contribution in [0.4, 0.5) is 0 Å². The standard InChI is InChI=1S/C15H26N2O/c1-4-5-6-14(11-16)17(2)12-13-7-9-15(18-3)10-8-13/h7-10,14H,4-6,11-12,16H2,1-3H3. The first-order chi connectivity index (χ1) is 8.71. The number of rotatable bonds is 8. The van der Waals surface area contributed by atoms with E-state index in [0.29, 0.717) is 6.04 Å². The Kier molecular flexibility index (Phi) is 6.76. The molecule has 0 fully saturated rings. The van der Waals surface area contributed by atoms with Gasteiger partial charge < -0.3 is 10.5 Å². The van der Waals surface area contributed by atoms with Crippen molar-refractivity contribution in [3.63, 3.8) is 0 Å². The number of benzene rings is 1. The molecule has 0 saturated heterocycles. The second-order valence-corrected chi connectivity index (χ2v) is 4.79. The number of methoxy groups -OCH3 is 1. The molecule has 1 atom stereocenters. The Bertz CT molecular complexity index is 324. The summed E-state index contributed by atoms with van der Waals surface area (Å²) in [4.78, 5) is 2.34. The fourth-order valence-electron chi connectivity index (χ4n) is 2.11. The summed E-state index contributed by atoms with van der Waals surface area (Å²) in [6, 6.07) is 8.72. The lowest BCUT2D eigenvalue weighted by molar-refractivity contribution is 0.223. The van der Waals surface area contributed by atoms with Gasteiger partial charge in [0.1, 0.15) is 5.75 Å². The van der Waals surface area contributed by atoms with Crippen molar-refractivity contribution in [1.82, 2.24) is 4.90 Å².